The lowest BCUT2D eigenvalue weighted by molar-refractivity contribution is 0.102. The third-order valence-electron chi connectivity index (χ3n) is 3.74. The molecule has 0 aliphatic rings. The van der Waals surface area contributed by atoms with Crippen molar-refractivity contribution < 1.29 is 4.79 Å². The van der Waals surface area contributed by atoms with E-state index >= 15 is 0 Å². The van der Waals surface area contributed by atoms with Gasteiger partial charge in [0.05, 0.1) is 0 Å². The van der Waals surface area contributed by atoms with Crippen molar-refractivity contribution >= 4 is 17.5 Å². The fourth-order valence-corrected chi connectivity index (χ4v) is 2.60. The highest BCUT2D eigenvalue weighted by molar-refractivity contribution is 6.04. The van der Waals surface area contributed by atoms with Crippen LogP contribution in [-0.2, 0) is 0 Å². The lowest BCUT2D eigenvalue weighted by atomic mass is 9.98. The predicted octanol–water partition coefficient (Wildman–Crippen LogP) is 4.68. The van der Waals surface area contributed by atoms with Gasteiger partial charge in [-0.15, -0.1) is 0 Å². The summed E-state index contributed by atoms with van der Waals surface area (Å²) < 4.78 is 0. The number of carbonyl (C=O) groups is 1. The van der Waals surface area contributed by atoms with E-state index in [0.29, 0.717) is 17.6 Å². The number of para-hydroxylation sites is 1. The van der Waals surface area contributed by atoms with Crippen LogP contribution in [0.15, 0.2) is 24.3 Å². The van der Waals surface area contributed by atoms with Gasteiger partial charge in [-0.3, -0.25) is 4.79 Å². The Kier molecular flexibility index (Phi) is 5.45. The zero-order valence-electron chi connectivity index (χ0n) is 16.2. The molecule has 1 amide bonds. The van der Waals surface area contributed by atoms with Gasteiger partial charge >= 0.3 is 0 Å². The van der Waals surface area contributed by atoms with Gasteiger partial charge in [0, 0.05) is 16.9 Å². The summed E-state index contributed by atoms with van der Waals surface area (Å²) in [6.07, 6.45) is 0. The number of benzene rings is 1. The molecule has 2 rings (SSSR count). The third-order valence-corrected chi connectivity index (χ3v) is 3.74. The Bertz CT molecular complexity index is 776. The third kappa shape index (κ3) is 5.02. The SMILES string of the molecule is Cc1cc(C(=O)Nc2c(C)cccc2C(C)C)nc(NC(C)(C)C)n1. The molecule has 0 saturated carbocycles. The van der Waals surface area contributed by atoms with Crippen LogP contribution in [-0.4, -0.2) is 21.4 Å². The van der Waals surface area contributed by atoms with Crippen LogP contribution in [0.25, 0.3) is 0 Å². The van der Waals surface area contributed by atoms with Gasteiger partial charge in [-0.1, -0.05) is 32.0 Å². The molecule has 5 heteroatoms. The van der Waals surface area contributed by atoms with Crippen LogP contribution in [0.3, 0.4) is 0 Å². The molecular formula is C20H28N4O. The van der Waals surface area contributed by atoms with Crippen LogP contribution in [0, 0.1) is 13.8 Å². The molecule has 134 valence electrons. The van der Waals surface area contributed by atoms with Gasteiger partial charge in [0.25, 0.3) is 5.91 Å². The van der Waals surface area contributed by atoms with Crippen LogP contribution in [0.4, 0.5) is 11.6 Å². The number of amides is 1. The van der Waals surface area contributed by atoms with Gasteiger partial charge in [-0.25, -0.2) is 9.97 Å². The van der Waals surface area contributed by atoms with Crippen LogP contribution < -0.4 is 10.6 Å². The molecule has 5 nitrogen and oxygen atoms in total. The first-order valence-electron chi connectivity index (χ1n) is 8.61. The summed E-state index contributed by atoms with van der Waals surface area (Å²) in [6, 6.07) is 7.77. The second-order valence-electron chi connectivity index (χ2n) is 7.74. The van der Waals surface area contributed by atoms with E-state index in [4.69, 9.17) is 0 Å². The summed E-state index contributed by atoms with van der Waals surface area (Å²) in [7, 11) is 0. The minimum atomic E-state index is -0.223. The average Bonchev–Trinajstić information content (AvgIpc) is 2.46. The number of aryl methyl sites for hydroxylation is 2. The summed E-state index contributed by atoms with van der Waals surface area (Å²) >= 11 is 0. The minimum absolute atomic E-state index is 0.178. The molecule has 0 fully saturated rings. The normalized spacial score (nSPS) is 11.5. The Labute approximate surface area is 150 Å². The Hall–Kier alpha value is -2.43. The Balaban J connectivity index is 2.34. The van der Waals surface area contributed by atoms with Gasteiger partial charge in [0.15, 0.2) is 0 Å². The molecule has 0 aliphatic heterocycles. The van der Waals surface area contributed by atoms with E-state index in [9.17, 15) is 4.79 Å². The van der Waals surface area contributed by atoms with Crippen LogP contribution in [0.1, 0.15) is 67.8 Å². The molecule has 1 heterocycles. The van der Waals surface area contributed by atoms with Crippen molar-refractivity contribution in [3.05, 3.63) is 46.8 Å². The van der Waals surface area contributed by atoms with Gasteiger partial charge in [-0.2, -0.15) is 0 Å². The zero-order chi connectivity index (χ0) is 18.8. The molecule has 0 bridgehead atoms. The number of nitrogens with one attached hydrogen (secondary N) is 2. The van der Waals surface area contributed by atoms with Gasteiger partial charge in [0.2, 0.25) is 5.95 Å². The maximum absolute atomic E-state index is 12.8. The maximum atomic E-state index is 12.8. The second-order valence-corrected chi connectivity index (χ2v) is 7.74. The predicted molar refractivity (Wildman–Crippen MR) is 103 cm³/mol. The summed E-state index contributed by atoms with van der Waals surface area (Å²) in [4.78, 5) is 21.5. The highest BCUT2D eigenvalue weighted by atomic mass is 16.1. The lowest BCUT2D eigenvalue weighted by Crippen LogP contribution is -2.28. The van der Waals surface area contributed by atoms with E-state index in [0.717, 1.165) is 22.5 Å². The fraction of sp³-hybridized carbons (Fsp3) is 0.450. The summed E-state index contributed by atoms with van der Waals surface area (Å²) in [5.41, 5.74) is 3.95. The van der Waals surface area contributed by atoms with E-state index < -0.39 is 0 Å². The molecular weight excluding hydrogens is 312 g/mol. The number of carbonyl (C=O) groups excluding carboxylic acids is 1. The van der Waals surface area contributed by atoms with Crippen LogP contribution >= 0.6 is 0 Å². The van der Waals surface area contributed by atoms with E-state index in [1.165, 1.54) is 0 Å². The van der Waals surface area contributed by atoms with E-state index in [1.54, 1.807) is 6.07 Å². The molecule has 2 aromatic rings. The summed E-state index contributed by atoms with van der Waals surface area (Å²) in [5.74, 6) is 0.561. The van der Waals surface area contributed by atoms with Crippen molar-refractivity contribution in [1.82, 2.24) is 9.97 Å². The topological polar surface area (TPSA) is 66.9 Å². The molecule has 1 aromatic carbocycles. The minimum Gasteiger partial charge on any atom is -0.350 e. The van der Waals surface area contributed by atoms with Crippen molar-refractivity contribution in [3.63, 3.8) is 0 Å². The van der Waals surface area contributed by atoms with Crippen LogP contribution in [0.2, 0.25) is 0 Å². The molecule has 0 atom stereocenters. The highest BCUT2D eigenvalue weighted by Crippen LogP contribution is 2.27. The smallest absolute Gasteiger partial charge is 0.274 e. The van der Waals surface area contributed by atoms with Crippen molar-refractivity contribution in [2.24, 2.45) is 0 Å². The Morgan fingerprint density at radius 3 is 2.40 bits per heavy atom. The van der Waals surface area contributed by atoms with Crippen molar-refractivity contribution in [2.45, 2.75) is 59.9 Å². The summed E-state index contributed by atoms with van der Waals surface area (Å²) in [6.45, 7) is 14.2. The first-order chi connectivity index (χ1) is 11.6. The summed E-state index contributed by atoms with van der Waals surface area (Å²) in [5, 5.41) is 6.26. The van der Waals surface area contributed by atoms with Crippen molar-refractivity contribution in [3.8, 4) is 0 Å². The Morgan fingerprint density at radius 2 is 1.80 bits per heavy atom. The van der Waals surface area contributed by atoms with E-state index in [1.807, 2.05) is 52.8 Å². The number of nitrogens with zero attached hydrogens (tertiary/aromatic N) is 2. The molecule has 0 radical (unpaired) electrons. The Morgan fingerprint density at radius 1 is 1.12 bits per heavy atom. The van der Waals surface area contributed by atoms with Gasteiger partial charge < -0.3 is 10.6 Å². The first-order valence-corrected chi connectivity index (χ1v) is 8.61. The molecule has 2 N–H and O–H groups in total. The van der Waals surface area contributed by atoms with Crippen molar-refractivity contribution in [1.29, 1.82) is 0 Å². The van der Waals surface area contributed by atoms with E-state index in [-0.39, 0.29) is 11.4 Å². The standard InChI is InChI=1S/C20H28N4O/c1-12(2)15-10-8-9-13(3)17(15)23-18(25)16-11-14(4)21-19(22-16)24-20(5,6)7/h8-12H,1-7H3,(H,23,25)(H,21,22,24). The number of anilines is 2. The number of hydrogen-bond acceptors (Lipinski definition) is 4. The number of aromatic nitrogens is 2. The highest BCUT2D eigenvalue weighted by Gasteiger charge is 2.17. The first kappa shape index (κ1) is 18.9. The lowest BCUT2D eigenvalue weighted by Gasteiger charge is -2.21. The average molecular weight is 340 g/mol. The second kappa shape index (κ2) is 7.21. The van der Waals surface area contributed by atoms with Gasteiger partial charge in [0.1, 0.15) is 5.69 Å². The molecule has 0 spiro atoms. The monoisotopic (exact) mass is 340 g/mol. The fourth-order valence-electron chi connectivity index (χ4n) is 2.60. The molecule has 1 aromatic heterocycles. The maximum Gasteiger partial charge on any atom is 0.274 e. The quantitative estimate of drug-likeness (QED) is 0.848. The van der Waals surface area contributed by atoms with E-state index in [2.05, 4.69) is 34.4 Å². The largest absolute Gasteiger partial charge is 0.350 e. The number of rotatable bonds is 4. The zero-order valence-corrected chi connectivity index (χ0v) is 16.2. The molecule has 0 unspecified atom stereocenters. The van der Waals surface area contributed by atoms with Crippen molar-refractivity contribution in [2.75, 3.05) is 10.6 Å². The molecule has 25 heavy (non-hydrogen) atoms. The van der Waals surface area contributed by atoms with Crippen LogP contribution in [0.5, 0.6) is 0 Å². The molecule has 0 aliphatic carbocycles. The van der Waals surface area contributed by atoms with Gasteiger partial charge in [-0.05, 0) is 57.7 Å². The molecule has 0 saturated heterocycles. The number of hydrogen-bond donors (Lipinski definition) is 2.